The van der Waals surface area contributed by atoms with Crippen LogP contribution in [0.3, 0.4) is 0 Å². The minimum absolute atomic E-state index is 0.258. The maximum atomic E-state index is 5.11. The Balaban J connectivity index is 3.11. The molecule has 12 heavy (non-hydrogen) atoms. The van der Waals surface area contributed by atoms with E-state index in [2.05, 4.69) is 13.5 Å². The number of hydrogen-bond donors (Lipinski definition) is 1. The highest BCUT2D eigenvalue weighted by Crippen LogP contribution is 2.09. The molecule has 1 unspecified atom stereocenters. The summed E-state index contributed by atoms with van der Waals surface area (Å²) < 4.78 is 0. The molecule has 0 saturated carbocycles. The van der Waals surface area contributed by atoms with Crippen molar-refractivity contribution in [3.63, 3.8) is 0 Å². The van der Waals surface area contributed by atoms with Gasteiger partial charge in [-0.1, -0.05) is 25.8 Å². The van der Waals surface area contributed by atoms with Crippen molar-refractivity contribution in [1.82, 2.24) is 0 Å². The van der Waals surface area contributed by atoms with Crippen molar-refractivity contribution < 1.29 is 4.84 Å². The van der Waals surface area contributed by atoms with Crippen LogP contribution in [0.4, 0.5) is 0 Å². The van der Waals surface area contributed by atoms with Crippen LogP contribution in [0.5, 0.6) is 0 Å². The molecular weight excluding hydrogens is 150 g/mol. The summed E-state index contributed by atoms with van der Waals surface area (Å²) in [6.07, 6.45) is 9.16. The quantitative estimate of drug-likeness (QED) is 0.346. The second kappa shape index (κ2) is 8.75. The molecule has 2 N–H and O–H groups in total. The third-order valence-electron chi connectivity index (χ3n) is 2.08. The molecule has 0 rings (SSSR count). The molecule has 0 aliphatic rings. The highest BCUT2D eigenvalue weighted by atomic mass is 16.6. The third-order valence-corrected chi connectivity index (χ3v) is 2.08. The molecule has 0 aromatic heterocycles. The Labute approximate surface area is 75.7 Å². The van der Waals surface area contributed by atoms with E-state index in [0.717, 1.165) is 19.3 Å². The summed E-state index contributed by atoms with van der Waals surface area (Å²) in [6, 6.07) is 0. The van der Waals surface area contributed by atoms with Crippen molar-refractivity contribution in [1.29, 1.82) is 0 Å². The van der Waals surface area contributed by atoms with E-state index in [1.165, 1.54) is 19.3 Å². The maximum absolute atomic E-state index is 5.11. The average Bonchev–Trinajstić information content (AvgIpc) is 2.11. The second-order valence-electron chi connectivity index (χ2n) is 3.09. The lowest BCUT2D eigenvalue weighted by atomic mass is 10.1. The molecule has 72 valence electrons. The van der Waals surface area contributed by atoms with Gasteiger partial charge in [0, 0.05) is 0 Å². The fourth-order valence-corrected chi connectivity index (χ4v) is 1.21. The second-order valence-corrected chi connectivity index (χ2v) is 3.09. The number of rotatable bonds is 8. The summed E-state index contributed by atoms with van der Waals surface area (Å²) in [6.45, 7) is 5.78. The van der Waals surface area contributed by atoms with Crippen molar-refractivity contribution in [3.05, 3.63) is 12.7 Å². The monoisotopic (exact) mass is 171 g/mol. The molecule has 0 saturated heterocycles. The lowest BCUT2D eigenvalue weighted by molar-refractivity contribution is 0.0430. The van der Waals surface area contributed by atoms with E-state index in [1.807, 2.05) is 6.08 Å². The molecule has 0 amide bonds. The molecule has 1 atom stereocenters. The zero-order valence-corrected chi connectivity index (χ0v) is 8.09. The van der Waals surface area contributed by atoms with E-state index >= 15 is 0 Å². The molecule has 0 fully saturated rings. The van der Waals surface area contributed by atoms with Gasteiger partial charge in [0.2, 0.25) is 0 Å². The van der Waals surface area contributed by atoms with Gasteiger partial charge >= 0.3 is 0 Å². The molecule has 0 aromatic carbocycles. The Morgan fingerprint density at radius 3 is 2.67 bits per heavy atom. The van der Waals surface area contributed by atoms with Gasteiger partial charge in [-0.25, -0.2) is 5.90 Å². The van der Waals surface area contributed by atoms with Gasteiger partial charge in [0.25, 0.3) is 0 Å². The first kappa shape index (κ1) is 11.7. The van der Waals surface area contributed by atoms with Crippen molar-refractivity contribution in [2.75, 3.05) is 0 Å². The van der Waals surface area contributed by atoms with Crippen LogP contribution in [0.25, 0.3) is 0 Å². The Kier molecular flexibility index (Phi) is 8.51. The van der Waals surface area contributed by atoms with Crippen molar-refractivity contribution in [2.24, 2.45) is 5.90 Å². The van der Waals surface area contributed by atoms with E-state index in [1.54, 1.807) is 0 Å². The number of allylic oxidation sites excluding steroid dienone is 1. The van der Waals surface area contributed by atoms with Gasteiger partial charge in [-0.05, 0) is 25.7 Å². The fourth-order valence-electron chi connectivity index (χ4n) is 1.21. The average molecular weight is 171 g/mol. The summed E-state index contributed by atoms with van der Waals surface area (Å²) in [5.41, 5.74) is 0. The first-order valence-electron chi connectivity index (χ1n) is 4.81. The lowest BCUT2D eigenvalue weighted by Gasteiger charge is -2.10. The van der Waals surface area contributed by atoms with Crippen LogP contribution in [0.1, 0.15) is 45.4 Å². The number of hydrogen-bond acceptors (Lipinski definition) is 2. The first-order valence-corrected chi connectivity index (χ1v) is 4.81. The van der Waals surface area contributed by atoms with Gasteiger partial charge in [-0.3, -0.25) is 0 Å². The van der Waals surface area contributed by atoms with Crippen LogP contribution < -0.4 is 5.90 Å². The van der Waals surface area contributed by atoms with Crippen LogP contribution in [0.15, 0.2) is 12.7 Å². The summed E-state index contributed by atoms with van der Waals surface area (Å²) in [5.74, 6) is 5.11. The largest absolute Gasteiger partial charge is 0.301 e. The standard InChI is InChI=1S/C10H21NO/c1-3-5-6-7-8-9-10(4-2)12-11/h3,10H,1,4-9,11H2,2H3. The van der Waals surface area contributed by atoms with Gasteiger partial charge in [-0.15, -0.1) is 6.58 Å². The molecule has 2 heteroatoms. The normalized spacial score (nSPS) is 12.8. The first-order chi connectivity index (χ1) is 5.85. The lowest BCUT2D eigenvalue weighted by Crippen LogP contribution is -2.15. The zero-order valence-electron chi connectivity index (χ0n) is 8.09. The predicted molar refractivity (Wildman–Crippen MR) is 52.6 cm³/mol. The SMILES string of the molecule is C=CCCCCCC(CC)ON. The number of unbranched alkanes of at least 4 members (excludes halogenated alkanes) is 3. The minimum atomic E-state index is 0.258. The van der Waals surface area contributed by atoms with Crippen molar-refractivity contribution in [3.8, 4) is 0 Å². The van der Waals surface area contributed by atoms with Crippen LogP contribution >= 0.6 is 0 Å². The van der Waals surface area contributed by atoms with Gasteiger partial charge in [0.1, 0.15) is 0 Å². The van der Waals surface area contributed by atoms with Gasteiger partial charge in [-0.2, -0.15) is 0 Å². The predicted octanol–water partition coefficient (Wildman–Crippen LogP) is 2.79. The Hall–Kier alpha value is -0.340. The highest BCUT2D eigenvalue weighted by Gasteiger charge is 2.03. The summed E-state index contributed by atoms with van der Waals surface area (Å²) in [7, 11) is 0. The van der Waals surface area contributed by atoms with Gasteiger partial charge < -0.3 is 4.84 Å². The molecule has 0 radical (unpaired) electrons. The van der Waals surface area contributed by atoms with E-state index in [4.69, 9.17) is 10.7 Å². The smallest absolute Gasteiger partial charge is 0.0784 e. The topological polar surface area (TPSA) is 35.2 Å². The zero-order chi connectivity index (χ0) is 9.23. The molecule has 0 aliphatic carbocycles. The molecule has 2 nitrogen and oxygen atoms in total. The molecule has 0 spiro atoms. The van der Waals surface area contributed by atoms with Crippen LogP contribution in [0.2, 0.25) is 0 Å². The van der Waals surface area contributed by atoms with E-state index < -0.39 is 0 Å². The fraction of sp³-hybridized carbons (Fsp3) is 0.800. The van der Waals surface area contributed by atoms with Crippen LogP contribution in [-0.4, -0.2) is 6.10 Å². The Morgan fingerprint density at radius 2 is 2.17 bits per heavy atom. The Morgan fingerprint density at radius 1 is 1.42 bits per heavy atom. The number of nitrogens with two attached hydrogens (primary N) is 1. The van der Waals surface area contributed by atoms with Gasteiger partial charge in [0.15, 0.2) is 0 Å². The van der Waals surface area contributed by atoms with Crippen molar-refractivity contribution >= 4 is 0 Å². The third kappa shape index (κ3) is 6.38. The molecule has 0 aliphatic heterocycles. The van der Waals surface area contributed by atoms with Crippen molar-refractivity contribution in [2.45, 2.75) is 51.6 Å². The van der Waals surface area contributed by atoms with E-state index in [-0.39, 0.29) is 6.10 Å². The molecule has 0 heterocycles. The highest BCUT2D eigenvalue weighted by molar-refractivity contribution is 4.65. The summed E-state index contributed by atoms with van der Waals surface area (Å²) in [5, 5.41) is 0. The van der Waals surface area contributed by atoms with E-state index in [0.29, 0.717) is 0 Å². The summed E-state index contributed by atoms with van der Waals surface area (Å²) in [4.78, 5) is 4.79. The summed E-state index contributed by atoms with van der Waals surface area (Å²) >= 11 is 0. The molecule has 0 bridgehead atoms. The maximum Gasteiger partial charge on any atom is 0.0784 e. The minimum Gasteiger partial charge on any atom is -0.301 e. The van der Waals surface area contributed by atoms with Crippen LogP contribution in [0, 0.1) is 0 Å². The Bertz CT molecular complexity index is 100. The van der Waals surface area contributed by atoms with E-state index in [9.17, 15) is 0 Å². The molecular formula is C10H21NO. The van der Waals surface area contributed by atoms with Gasteiger partial charge in [0.05, 0.1) is 6.10 Å². The molecule has 0 aromatic rings. The van der Waals surface area contributed by atoms with Crippen LogP contribution in [-0.2, 0) is 4.84 Å².